The quantitative estimate of drug-likeness (QED) is 0.413. The highest BCUT2D eigenvalue weighted by Crippen LogP contribution is 2.29. The first-order chi connectivity index (χ1) is 13.2. The average molecular weight is 387 g/mol. The lowest BCUT2D eigenvalue weighted by molar-refractivity contribution is 0.315. The number of hydrogen-bond donors (Lipinski definition) is 2. The van der Waals surface area contributed by atoms with Gasteiger partial charge in [-0.15, -0.1) is 11.3 Å². The summed E-state index contributed by atoms with van der Waals surface area (Å²) in [4.78, 5) is 12.9. The predicted molar refractivity (Wildman–Crippen MR) is 114 cm³/mol. The lowest BCUT2D eigenvalue weighted by Crippen LogP contribution is -2.20. The van der Waals surface area contributed by atoms with Gasteiger partial charge in [-0.1, -0.05) is 13.8 Å². The summed E-state index contributed by atoms with van der Waals surface area (Å²) in [6.45, 7) is 8.75. The zero-order chi connectivity index (χ0) is 19.1. The molecule has 0 spiro atoms. The van der Waals surface area contributed by atoms with Gasteiger partial charge in [0.15, 0.2) is 5.43 Å². The maximum Gasteiger partial charge on any atom is 0.196 e. The summed E-state index contributed by atoms with van der Waals surface area (Å²) in [5.74, 6) is 1.52. The molecule has 27 heavy (non-hydrogen) atoms. The van der Waals surface area contributed by atoms with Gasteiger partial charge in [-0.2, -0.15) is 0 Å². The second kappa shape index (κ2) is 9.69. The Kier molecular flexibility index (Phi) is 7.04. The van der Waals surface area contributed by atoms with Gasteiger partial charge >= 0.3 is 0 Å². The molecule has 0 aliphatic rings. The zero-order valence-corrected chi connectivity index (χ0v) is 16.7. The van der Waals surface area contributed by atoms with E-state index in [-0.39, 0.29) is 5.43 Å². The van der Waals surface area contributed by atoms with E-state index in [0.717, 1.165) is 52.5 Å². The summed E-state index contributed by atoms with van der Waals surface area (Å²) in [6, 6.07) is 11.4. The Morgan fingerprint density at radius 1 is 0.815 bits per heavy atom. The van der Waals surface area contributed by atoms with Gasteiger partial charge < -0.3 is 20.1 Å². The van der Waals surface area contributed by atoms with Crippen molar-refractivity contribution in [2.45, 2.75) is 13.8 Å². The van der Waals surface area contributed by atoms with Gasteiger partial charge in [-0.05, 0) is 49.5 Å². The molecule has 0 atom stereocenters. The minimum Gasteiger partial charge on any atom is -0.492 e. The third-order valence-electron chi connectivity index (χ3n) is 4.21. The molecule has 0 aliphatic carbocycles. The second-order valence-electron chi connectivity index (χ2n) is 6.15. The smallest absolute Gasteiger partial charge is 0.196 e. The molecule has 1 heterocycles. The Balaban J connectivity index is 1.83. The number of fused-ring (bicyclic) bond motifs is 2. The van der Waals surface area contributed by atoms with Gasteiger partial charge in [0.2, 0.25) is 0 Å². The highest BCUT2D eigenvalue weighted by molar-refractivity contribution is 7.24. The van der Waals surface area contributed by atoms with E-state index in [9.17, 15) is 4.79 Å². The molecule has 0 unspecified atom stereocenters. The van der Waals surface area contributed by atoms with Gasteiger partial charge in [-0.25, -0.2) is 0 Å². The van der Waals surface area contributed by atoms with Crippen molar-refractivity contribution >= 4 is 31.5 Å². The summed E-state index contributed by atoms with van der Waals surface area (Å²) in [6.07, 6.45) is 0. The number of rotatable bonds is 10. The van der Waals surface area contributed by atoms with E-state index in [1.807, 2.05) is 36.4 Å². The summed E-state index contributed by atoms with van der Waals surface area (Å²) in [7, 11) is 0. The van der Waals surface area contributed by atoms with Crippen molar-refractivity contribution in [3.05, 3.63) is 46.6 Å². The van der Waals surface area contributed by atoms with Gasteiger partial charge in [0.25, 0.3) is 0 Å². The molecule has 0 saturated heterocycles. The number of nitrogens with one attached hydrogen (secondary N) is 2. The van der Waals surface area contributed by atoms with E-state index < -0.39 is 0 Å². The molecule has 5 nitrogen and oxygen atoms in total. The fourth-order valence-corrected chi connectivity index (χ4v) is 3.91. The van der Waals surface area contributed by atoms with Crippen molar-refractivity contribution < 1.29 is 9.47 Å². The van der Waals surface area contributed by atoms with Crippen LogP contribution in [-0.4, -0.2) is 39.4 Å². The summed E-state index contributed by atoms with van der Waals surface area (Å²) in [5.41, 5.74) is 0.0371. The predicted octanol–water partition coefficient (Wildman–Crippen LogP) is 3.39. The molecule has 2 N–H and O–H groups in total. The van der Waals surface area contributed by atoms with Crippen LogP contribution in [0.4, 0.5) is 0 Å². The molecule has 6 heteroatoms. The van der Waals surface area contributed by atoms with Crippen LogP contribution in [0.25, 0.3) is 20.2 Å². The Bertz CT molecular complexity index is 955. The van der Waals surface area contributed by atoms with E-state index in [1.165, 1.54) is 0 Å². The fraction of sp³-hybridized carbons (Fsp3) is 0.381. The Hall–Kier alpha value is -2.15. The van der Waals surface area contributed by atoms with E-state index >= 15 is 0 Å². The molecule has 2 aromatic carbocycles. The lowest BCUT2D eigenvalue weighted by Gasteiger charge is -2.09. The van der Waals surface area contributed by atoms with Crippen LogP contribution in [0.3, 0.4) is 0 Å². The minimum atomic E-state index is 0.0371. The molecule has 1 aromatic heterocycles. The van der Waals surface area contributed by atoms with Crippen LogP contribution in [0.1, 0.15) is 13.8 Å². The third-order valence-corrected chi connectivity index (χ3v) is 5.34. The van der Waals surface area contributed by atoms with Crippen LogP contribution in [0.5, 0.6) is 11.5 Å². The summed E-state index contributed by atoms with van der Waals surface area (Å²) in [5, 5.41) is 7.87. The van der Waals surface area contributed by atoms with Crippen molar-refractivity contribution in [2.24, 2.45) is 0 Å². The van der Waals surface area contributed by atoms with Gasteiger partial charge in [0.1, 0.15) is 24.7 Å². The first-order valence-electron chi connectivity index (χ1n) is 9.40. The third kappa shape index (κ3) is 4.97. The topological polar surface area (TPSA) is 59.6 Å². The monoisotopic (exact) mass is 386 g/mol. The number of benzene rings is 2. The lowest BCUT2D eigenvalue weighted by atomic mass is 10.1. The minimum absolute atomic E-state index is 0.0371. The van der Waals surface area contributed by atoms with Crippen molar-refractivity contribution in [1.82, 2.24) is 10.6 Å². The number of likely N-dealkylation sites (N-methyl/N-ethyl adjacent to an activating group) is 2. The zero-order valence-electron chi connectivity index (χ0n) is 15.8. The summed E-state index contributed by atoms with van der Waals surface area (Å²) < 4.78 is 13.4. The van der Waals surface area contributed by atoms with Gasteiger partial charge in [0, 0.05) is 33.3 Å². The number of hydrogen-bond acceptors (Lipinski definition) is 6. The van der Waals surface area contributed by atoms with Crippen LogP contribution < -0.4 is 25.5 Å². The molecule has 144 valence electrons. The Morgan fingerprint density at radius 2 is 1.44 bits per heavy atom. The standard InChI is InChI=1S/C21H26N2O3S/c1-3-22-9-11-25-15-6-8-19-18(13-15)21(24)17-7-5-16(14-20(17)27-19)26-12-10-23-4-2/h5-8,13-14,22-23H,3-4,9-12H2,1-2H3. The maximum absolute atomic E-state index is 12.9. The van der Waals surface area contributed by atoms with Crippen molar-refractivity contribution in [3.8, 4) is 11.5 Å². The van der Waals surface area contributed by atoms with E-state index in [2.05, 4.69) is 24.5 Å². The van der Waals surface area contributed by atoms with Crippen molar-refractivity contribution in [3.63, 3.8) is 0 Å². The molecule has 0 aliphatic heterocycles. The van der Waals surface area contributed by atoms with Crippen molar-refractivity contribution in [2.75, 3.05) is 39.4 Å². The molecular formula is C21H26N2O3S. The molecule has 0 saturated carbocycles. The van der Waals surface area contributed by atoms with Crippen LogP contribution >= 0.6 is 11.3 Å². The Morgan fingerprint density at radius 3 is 2.11 bits per heavy atom. The van der Waals surface area contributed by atoms with Crippen molar-refractivity contribution in [1.29, 1.82) is 0 Å². The van der Waals surface area contributed by atoms with Crippen LogP contribution in [0.15, 0.2) is 41.2 Å². The van der Waals surface area contributed by atoms with Crippen LogP contribution in [0.2, 0.25) is 0 Å². The highest BCUT2D eigenvalue weighted by Gasteiger charge is 2.09. The molecule has 3 rings (SSSR count). The molecular weight excluding hydrogens is 360 g/mol. The largest absolute Gasteiger partial charge is 0.492 e. The number of ether oxygens (including phenoxy) is 2. The molecule has 3 aromatic rings. The van der Waals surface area contributed by atoms with Gasteiger partial charge in [-0.3, -0.25) is 4.79 Å². The SMILES string of the molecule is CCNCCOc1ccc2c(=O)c3cc(OCCNCC)ccc3sc2c1. The molecule has 0 amide bonds. The molecule has 0 fully saturated rings. The first-order valence-corrected chi connectivity index (χ1v) is 10.2. The molecule has 0 bridgehead atoms. The highest BCUT2D eigenvalue weighted by atomic mass is 32.1. The maximum atomic E-state index is 12.9. The Labute approximate surface area is 163 Å². The van der Waals surface area contributed by atoms with E-state index in [4.69, 9.17) is 9.47 Å². The van der Waals surface area contributed by atoms with Crippen LogP contribution in [-0.2, 0) is 0 Å². The fourth-order valence-electron chi connectivity index (χ4n) is 2.83. The summed E-state index contributed by atoms with van der Waals surface area (Å²) >= 11 is 1.60. The van der Waals surface area contributed by atoms with Gasteiger partial charge in [0.05, 0.1) is 0 Å². The first kappa shape index (κ1) is 19.6. The van der Waals surface area contributed by atoms with E-state index in [1.54, 1.807) is 11.3 Å². The normalized spacial score (nSPS) is 11.2. The molecule has 0 radical (unpaired) electrons. The van der Waals surface area contributed by atoms with Crippen LogP contribution in [0, 0.1) is 0 Å². The average Bonchev–Trinajstić information content (AvgIpc) is 2.69. The second-order valence-corrected chi connectivity index (χ2v) is 7.23. The van der Waals surface area contributed by atoms with E-state index in [0.29, 0.717) is 18.6 Å².